The van der Waals surface area contributed by atoms with Gasteiger partial charge in [-0.3, -0.25) is 4.79 Å². The standard InChI is InChI=1S/C21H26N2O3/c1-25-19-8-4-5-16(21(19)26-18-6-2-3-7-18)14-23-20(24)13-15-9-11-17(22)12-10-15/h4-5,8-12,18H,2-3,6-7,13-14,22H2,1H3,(H,23,24). The number of anilines is 1. The quantitative estimate of drug-likeness (QED) is 0.747. The Balaban J connectivity index is 1.64. The van der Waals surface area contributed by atoms with E-state index in [-0.39, 0.29) is 12.0 Å². The topological polar surface area (TPSA) is 73.6 Å². The van der Waals surface area contributed by atoms with Crippen LogP contribution in [0.4, 0.5) is 5.69 Å². The van der Waals surface area contributed by atoms with Crippen molar-refractivity contribution in [2.24, 2.45) is 0 Å². The third kappa shape index (κ3) is 4.69. The minimum Gasteiger partial charge on any atom is -0.493 e. The van der Waals surface area contributed by atoms with Crippen molar-refractivity contribution in [3.8, 4) is 11.5 Å². The third-order valence-electron chi connectivity index (χ3n) is 4.69. The average molecular weight is 354 g/mol. The Kier molecular flexibility index (Phi) is 6.00. The lowest BCUT2D eigenvalue weighted by Gasteiger charge is -2.19. The van der Waals surface area contributed by atoms with Crippen LogP contribution in [0.3, 0.4) is 0 Å². The molecule has 1 amide bonds. The van der Waals surface area contributed by atoms with Gasteiger partial charge in [-0.25, -0.2) is 0 Å². The molecule has 5 heteroatoms. The minimum absolute atomic E-state index is 0.0376. The van der Waals surface area contributed by atoms with Crippen molar-refractivity contribution in [2.45, 2.75) is 44.8 Å². The Morgan fingerprint density at radius 3 is 2.58 bits per heavy atom. The van der Waals surface area contributed by atoms with Crippen LogP contribution in [0.5, 0.6) is 11.5 Å². The van der Waals surface area contributed by atoms with E-state index < -0.39 is 0 Å². The number of nitrogens with one attached hydrogen (secondary N) is 1. The summed E-state index contributed by atoms with van der Waals surface area (Å²) in [4.78, 5) is 12.3. The van der Waals surface area contributed by atoms with Crippen molar-refractivity contribution < 1.29 is 14.3 Å². The molecule has 0 unspecified atom stereocenters. The predicted octanol–water partition coefficient (Wildman–Crippen LogP) is 3.46. The number of para-hydroxylation sites is 1. The molecule has 3 rings (SSSR count). The van der Waals surface area contributed by atoms with Gasteiger partial charge < -0.3 is 20.5 Å². The minimum atomic E-state index is -0.0376. The number of ether oxygens (including phenoxy) is 2. The summed E-state index contributed by atoms with van der Waals surface area (Å²) in [7, 11) is 1.64. The maximum atomic E-state index is 12.3. The highest BCUT2D eigenvalue weighted by molar-refractivity contribution is 5.78. The molecule has 138 valence electrons. The molecule has 0 radical (unpaired) electrons. The van der Waals surface area contributed by atoms with Crippen LogP contribution < -0.4 is 20.5 Å². The van der Waals surface area contributed by atoms with Crippen LogP contribution in [0, 0.1) is 0 Å². The van der Waals surface area contributed by atoms with E-state index in [4.69, 9.17) is 15.2 Å². The number of nitrogen functional groups attached to an aromatic ring is 1. The van der Waals surface area contributed by atoms with Gasteiger partial charge in [0.05, 0.1) is 19.6 Å². The molecule has 0 atom stereocenters. The molecular formula is C21H26N2O3. The van der Waals surface area contributed by atoms with Gasteiger partial charge in [0, 0.05) is 17.8 Å². The van der Waals surface area contributed by atoms with Crippen molar-refractivity contribution in [1.29, 1.82) is 0 Å². The third-order valence-corrected chi connectivity index (χ3v) is 4.69. The fraction of sp³-hybridized carbons (Fsp3) is 0.381. The Hall–Kier alpha value is -2.69. The van der Waals surface area contributed by atoms with Crippen molar-refractivity contribution in [3.05, 3.63) is 53.6 Å². The number of benzene rings is 2. The second kappa shape index (κ2) is 8.61. The van der Waals surface area contributed by atoms with E-state index in [1.165, 1.54) is 12.8 Å². The van der Waals surface area contributed by atoms with Crippen LogP contribution >= 0.6 is 0 Å². The summed E-state index contributed by atoms with van der Waals surface area (Å²) >= 11 is 0. The van der Waals surface area contributed by atoms with Crippen LogP contribution in [-0.4, -0.2) is 19.1 Å². The first kappa shape index (κ1) is 18.1. The first-order valence-electron chi connectivity index (χ1n) is 9.09. The SMILES string of the molecule is COc1cccc(CNC(=O)Cc2ccc(N)cc2)c1OC1CCCC1. The molecule has 1 aliphatic carbocycles. The molecule has 0 bridgehead atoms. The van der Waals surface area contributed by atoms with Crippen LogP contribution in [0.25, 0.3) is 0 Å². The van der Waals surface area contributed by atoms with Gasteiger partial charge >= 0.3 is 0 Å². The fourth-order valence-electron chi connectivity index (χ4n) is 3.25. The molecule has 0 spiro atoms. The fourth-order valence-corrected chi connectivity index (χ4v) is 3.25. The number of hydrogen-bond acceptors (Lipinski definition) is 4. The summed E-state index contributed by atoms with van der Waals surface area (Å²) in [6.45, 7) is 0.410. The average Bonchev–Trinajstić information content (AvgIpc) is 3.16. The Morgan fingerprint density at radius 2 is 1.88 bits per heavy atom. The van der Waals surface area contributed by atoms with Crippen LogP contribution in [0.1, 0.15) is 36.8 Å². The second-order valence-corrected chi connectivity index (χ2v) is 6.67. The molecular weight excluding hydrogens is 328 g/mol. The second-order valence-electron chi connectivity index (χ2n) is 6.67. The normalized spacial score (nSPS) is 14.2. The lowest BCUT2D eigenvalue weighted by Crippen LogP contribution is -2.25. The van der Waals surface area contributed by atoms with Crippen LogP contribution in [0.2, 0.25) is 0 Å². The number of hydrogen-bond donors (Lipinski definition) is 2. The van der Waals surface area contributed by atoms with Crippen LogP contribution in [0.15, 0.2) is 42.5 Å². The molecule has 3 N–H and O–H groups in total. The Labute approximate surface area is 154 Å². The molecule has 1 saturated carbocycles. The molecule has 0 heterocycles. The predicted molar refractivity (Wildman–Crippen MR) is 102 cm³/mol. The highest BCUT2D eigenvalue weighted by atomic mass is 16.5. The van der Waals surface area contributed by atoms with Gasteiger partial charge in [0.25, 0.3) is 0 Å². The zero-order valence-corrected chi connectivity index (χ0v) is 15.2. The summed E-state index contributed by atoms with van der Waals surface area (Å²) in [5.41, 5.74) is 8.24. The molecule has 5 nitrogen and oxygen atoms in total. The van der Waals surface area contributed by atoms with Crippen LogP contribution in [-0.2, 0) is 17.8 Å². The molecule has 0 aromatic heterocycles. The molecule has 1 fully saturated rings. The summed E-state index contributed by atoms with van der Waals surface area (Å²) in [6.07, 6.45) is 5.10. The molecule has 2 aromatic carbocycles. The number of carbonyl (C=O) groups excluding carboxylic acids is 1. The number of nitrogens with two attached hydrogens (primary N) is 1. The molecule has 26 heavy (non-hydrogen) atoms. The van der Waals surface area contributed by atoms with E-state index in [1.54, 1.807) is 19.2 Å². The Bertz CT molecular complexity index is 737. The molecule has 0 saturated heterocycles. The molecule has 1 aliphatic rings. The van der Waals surface area contributed by atoms with E-state index in [0.29, 0.717) is 24.4 Å². The zero-order chi connectivity index (χ0) is 18.4. The highest BCUT2D eigenvalue weighted by Crippen LogP contribution is 2.34. The summed E-state index contributed by atoms with van der Waals surface area (Å²) in [5.74, 6) is 1.42. The first-order chi connectivity index (χ1) is 12.7. The van der Waals surface area contributed by atoms with Gasteiger partial charge in [-0.15, -0.1) is 0 Å². The van der Waals surface area contributed by atoms with E-state index in [2.05, 4.69) is 5.32 Å². The Morgan fingerprint density at radius 1 is 1.15 bits per heavy atom. The van der Waals surface area contributed by atoms with E-state index in [0.717, 1.165) is 29.7 Å². The lowest BCUT2D eigenvalue weighted by atomic mass is 10.1. The van der Waals surface area contributed by atoms with Gasteiger partial charge in [0.15, 0.2) is 11.5 Å². The summed E-state index contributed by atoms with van der Waals surface area (Å²) < 4.78 is 11.7. The number of amides is 1. The maximum Gasteiger partial charge on any atom is 0.224 e. The largest absolute Gasteiger partial charge is 0.493 e. The number of methoxy groups -OCH3 is 1. The van der Waals surface area contributed by atoms with Gasteiger partial charge in [0.1, 0.15) is 0 Å². The first-order valence-corrected chi connectivity index (χ1v) is 9.09. The number of carbonyl (C=O) groups is 1. The summed E-state index contributed by atoms with van der Waals surface area (Å²) in [5, 5.41) is 2.97. The lowest BCUT2D eigenvalue weighted by molar-refractivity contribution is -0.120. The van der Waals surface area contributed by atoms with E-state index in [1.807, 2.05) is 30.3 Å². The van der Waals surface area contributed by atoms with Crippen molar-refractivity contribution in [3.63, 3.8) is 0 Å². The van der Waals surface area contributed by atoms with Gasteiger partial charge in [-0.1, -0.05) is 24.3 Å². The van der Waals surface area contributed by atoms with E-state index >= 15 is 0 Å². The van der Waals surface area contributed by atoms with Gasteiger partial charge in [0.2, 0.25) is 5.91 Å². The maximum absolute atomic E-state index is 12.3. The zero-order valence-electron chi connectivity index (χ0n) is 15.2. The highest BCUT2D eigenvalue weighted by Gasteiger charge is 2.20. The monoisotopic (exact) mass is 354 g/mol. The van der Waals surface area contributed by atoms with Crippen molar-refractivity contribution >= 4 is 11.6 Å². The van der Waals surface area contributed by atoms with Crippen molar-refractivity contribution in [1.82, 2.24) is 5.32 Å². The van der Waals surface area contributed by atoms with Gasteiger partial charge in [-0.2, -0.15) is 0 Å². The van der Waals surface area contributed by atoms with Gasteiger partial charge in [-0.05, 0) is 49.4 Å². The smallest absolute Gasteiger partial charge is 0.224 e. The molecule has 0 aliphatic heterocycles. The summed E-state index contributed by atoms with van der Waals surface area (Å²) in [6, 6.07) is 13.1. The molecule has 2 aromatic rings. The number of rotatable bonds is 7. The van der Waals surface area contributed by atoms with Crippen molar-refractivity contribution in [2.75, 3.05) is 12.8 Å². The van der Waals surface area contributed by atoms with E-state index in [9.17, 15) is 4.79 Å².